The second-order valence-corrected chi connectivity index (χ2v) is 4.42. The number of nitrogens with two attached hydrogens (primary N) is 1. The maximum Gasteiger partial charge on any atom is 0.122 e. The molecular formula is C14H24N2O. The Hall–Kier alpha value is -1.22. The molecule has 0 heterocycles. The lowest BCUT2D eigenvalue weighted by Crippen LogP contribution is -2.30. The molecule has 1 aromatic rings. The van der Waals surface area contributed by atoms with E-state index in [9.17, 15) is 0 Å². The zero-order valence-electron chi connectivity index (χ0n) is 11.4. The van der Waals surface area contributed by atoms with Crippen LogP contribution in [0, 0.1) is 6.92 Å². The first-order valence-electron chi connectivity index (χ1n) is 6.26. The Bertz CT molecular complexity index is 352. The first-order chi connectivity index (χ1) is 8.10. The molecule has 3 nitrogen and oxygen atoms in total. The van der Waals surface area contributed by atoms with E-state index in [1.807, 2.05) is 13.0 Å². The molecule has 2 N–H and O–H groups in total. The van der Waals surface area contributed by atoms with E-state index in [4.69, 9.17) is 10.5 Å². The van der Waals surface area contributed by atoms with E-state index >= 15 is 0 Å². The summed E-state index contributed by atoms with van der Waals surface area (Å²) in [6.45, 7) is 7.71. The van der Waals surface area contributed by atoms with Gasteiger partial charge in [0.1, 0.15) is 5.75 Å². The van der Waals surface area contributed by atoms with Crippen molar-refractivity contribution in [2.45, 2.75) is 33.2 Å². The van der Waals surface area contributed by atoms with Crippen molar-refractivity contribution in [2.75, 3.05) is 25.1 Å². The molecule has 17 heavy (non-hydrogen) atoms. The van der Waals surface area contributed by atoms with Crippen molar-refractivity contribution >= 4 is 5.69 Å². The second kappa shape index (κ2) is 6.50. The molecule has 1 rings (SSSR count). The van der Waals surface area contributed by atoms with Gasteiger partial charge in [0.25, 0.3) is 0 Å². The Balaban J connectivity index is 2.81. The van der Waals surface area contributed by atoms with Gasteiger partial charge in [-0.05, 0) is 57.5 Å². The summed E-state index contributed by atoms with van der Waals surface area (Å²) < 4.78 is 5.54. The fraction of sp³-hybridized carbons (Fsp3) is 0.571. The van der Waals surface area contributed by atoms with Crippen LogP contribution in [0.25, 0.3) is 0 Å². The molecule has 0 saturated carbocycles. The van der Waals surface area contributed by atoms with E-state index in [0.717, 1.165) is 18.7 Å². The predicted octanol–water partition coefficient (Wildman–Crippen LogP) is 2.57. The van der Waals surface area contributed by atoms with Crippen LogP contribution in [-0.2, 0) is 0 Å². The monoisotopic (exact) mass is 236 g/mol. The van der Waals surface area contributed by atoms with Crippen LogP contribution in [0.1, 0.15) is 25.8 Å². The zero-order chi connectivity index (χ0) is 12.8. The van der Waals surface area contributed by atoms with Crippen LogP contribution in [0.5, 0.6) is 5.75 Å². The number of aryl methyl sites for hydroxylation is 1. The minimum Gasteiger partial charge on any atom is -0.494 e. The van der Waals surface area contributed by atoms with Crippen molar-refractivity contribution in [2.24, 2.45) is 5.73 Å². The number of benzene rings is 1. The molecule has 0 amide bonds. The fourth-order valence-corrected chi connectivity index (χ4v) is 1.86. The molecule has 1 aromatic carbocycles. The van der Waals surface area contributed by atoms with Gasteiger partial charge in [0.15, 0.2) is 0 Å². The van der Waals surface area contributed by atoms with Gasteiger partial charge in [-0.2, -0.15) is 0 Å². The quantitative estimate of drug-likeness (QED) is 0.825. The summed E-state index contributed by atoms with van der Waals surface area (Å²) >= 11 is 0. The maximum absolute atomic E-state index is 5.59. The topological polar surface area (TPSA) is 38.5 Å². The van der Waals surface area contributed by atoms with Crippen LogP contribution in [0.4, 0.5) is 5.69 Å². The molecule has 1 unspecified atom stereocenters. The Kier molecular flexibility index (Phi) is 5.29. The molecule has 0 aromatic heterocycles. The minimum atomic E-state index is 0.456. The van der Waals surface area contributed by atoms with Gasteiger partial charge in [-0.15, -0.1) is 0 Å². The number of nitrogens with zero attached hydrogens (tertiary/aromatic N) is 1. The Morgan fingerprint density at radius 3 is 2.65 bits per heavy atom. The molecule has 0 aliphatic carbocycles. The number of ether oxygens (including phenoxy) is 1. The molecule has 0 bridgehead atoms. The van der Waals surface area contributed by atoms with Crippen LogP contribution in [-0.4, -0.2) is 26.2 Å². The lowest BCUT2D eigenvalue weighted by Gasteiger charge is -2.27. The Morgan fingerprint density at radius 1 is 1.41 bits per heavy atom. The van der Waals surface area contributed by atoms with Crippen LogP contribution >= 0.6 is 0 Å². The number of hydrogen-bond donors (Lipinski definition) is 1. The van der Waals surface area contributed by atoms with E-state index < -0.39 is 0 Å². The summed E-state index contributed by atoms with van der Waals surface area (Å²) in [6, 6.07) is 6.76. The molecule has 0 fully saturated rings. The fourth-order valence-electron chi connectivity index (χ4n) is 1.86. The highest BCUT2D eigenvalue weighted by molar-refractivity contribution is 5.52. The summed E-state index contributed by atoms with van der Waals surface area (Å²) in [6.07, 6.45) is 1.00. The standard InChI is InChI=1S/C14H24N2O/c1-5-17-14-7-6-13(10-11(14)2)16(4)12(3)8-9-15/h6-7,10,12H,5,8-9,15H2,1-4H3. The van der Waals surface area contributed by atoms with E-state index in [1.165, 1.54) is 11.3 Å². The second-order valence-electron chi connectivity index (χ2n) is 4.42. The summed E-state index contributed by atoms with van der Waals surface area (Å²) in [5.41, 5.74) is 7.98. The molecule has 0 aliphatic rings. The van der Waals surface area contributed by atoms with Gasteiger partial charge >= 0.3 is 0 Å². The van der Waals surface area contributed by atoms with Crippen molar-refractivity contribution in [1.29, 1.82) is 0 Å². The molecule has 96 valence electrons. The summed E-state index contributed by atoms with van der Waals surface area (Å²) in [7, 11) is 2.11. The summed E-state index contributed by atoms with van der Waals surface area (Å²) in [5, 5.41) is 0. The Labute approximate surface area is 105 Å². The molecule has 0 spiro atoms. The lowest BCUT2D eigenvalue weighted by atomic mass is 10.1. The van der Waals surface area contributed by atoms with Crippen molar-refractivity contribution in [3.63, 3.8) is 0 Å². The average molecular weight is 236 g/mol. The zero-order valence-corrected chi connectivity index (χ0v) is 11.4. The maximum atomic E-state index is 5.59. The smallest absolute Gasteiger partial charge is 0.122 e. The molecule has 0 radical (unpaired) electrons. The van der Waals surface area contributed by atoms with Gasteiger partial charge in [0, 0.05) is 18.8 Å². The third-order valence-electron chi connectivity index (χ3n) is 3.11. The average Bonchev–Trinajstić information content (AvgIpc) is 2.31. The molecule has 0 saturated heterocycles. The highest BCUT2D eigenvalue weighted by atomic mass is 16.5. The van der Waals surface area contributed by atoms with Crippen LogP contribution in [0.15, 0.2) is 18.2 Å². The molecule has 1 atom stereocenters. The lowest BCUT2D eigenvalue weighted by molar-refractivity contribution is 0.338. The number of rotatable bonds is 6. The van der Waals surface area contributed by atoms with Gasteiger partial charge in [-0.3, -0.25) is 0 Å². The van der Waals surface area contributed by atoms with E-state index in [1.54, 1.807) is 0 Å². The SMILES string of the molecule is CCOc1ccc(N(C)C(C)CCN)cc1C. The molecular weight excluding hydrogens is 212 g/mol. The van der Waals surface area contributed by atoms with Gasteiger partial charge < -0.3 is 15.4 Å². The van der Waals surface area contributed by atoms with Crippen LogP contribution in [0.3, 0.4) is 0 Å². The van der Waals surface area contributed by atoms with Crippen molar-refractivity contribution < 1.29 is 4.74 Å². The van der Waals surface area contributed by atoms with Gasteiger partial charge in [-0.25, -0.2) is 0 Å². The van der Waals surface area contributed by atoms with Crippen LogP contribution < -0.4 is 15.4 Å². The third-order valence-corrected chi connectivity index (χ3v) is 3.11. The third kappa shape index (κ3) is 3.63. The first-order valence-corrected chi connectivity index (χ1v) is 6.26. The highest BCUT2D eigenvalue weighted by Crippen LogP contribution is 2.25. The predicted molar refractivity (Wildman–Crippen MR) is 73.9 cm³/mol. The molecule has 3 heteroatoms. The van der Waals surface area contributed by atoms with Gasteiger partial charge in [-0.1, -0.05) is 0 Å². The minimum absolute atomic E-state index is 0.456. The van der Waals surface area contributed by atoms with Crippen molar-refractivity contribution in [1.82, 2.24) is 0 Å². The first kappa shape index (κ1) is 13.8. The van der Waals surface area contributed by atoms with Gasteiger partial charge in [0.2, 0.25) is 0 Å². The molecule has 0 aliphatic heterocycles. The summed E-state index contributed by atoms with van der Waals surface area (Å²) in [5.74, 6) is 0.969. The Morgan fingerprint density at radius 2 is 2.12 bits per heavy atom. The van der Waals surface area contributed by atoms with Crippen molar-refractivity contribution in [3.05, 3.63) is 23.8 Å². The number of hydrogen-bond acceptors (Lipinski definition) is 3. The summed E-state index contributed by atoms with van der Waals surface area (Å²) in [4.78, 5) is 2.26. The van der Waals surface area contributed by atoms with Gasteiger partial charge in [0.05, 0.1) is 6.61 Å². The van der Waals surface area contributed by atoms with E-state index in [0.29, 0.717) is 12.6 Å². The van der Waals surface area contributed by atoms with Crippen molar-refractivity contribution in [3.8, 4) is 5.75 Å². The largest absolute Gasteiger partial charge is 0.494 e. The van der Waals surface area contributed by atoms with E-state index in [2.05, 4.69) is 37.9 Å². The normalized spacial score (nSPS) is 12.3. The highest BCUT2D eigenvalue weighted by Gasteiger charge is 2.10. The number of anilines is 1. The van der Waals surface area contributed by atoms with E-state index in [-0.39, 0.29) is 0 Å². The van der Waals surface area contributed by atoms with Crippen LogP contribution in [0.2, 0.25) is 0 Å².